The number of unbranched alkanes of at least 4 members (excludes halogenated alkanes) is 1. The Labute approximate surface area is 84.5 Å². The largest absolute Gasteiger partial charge is 0.478 e. The Bertz CT molecular complexity index is 198. The lowest BCUT2D eigenvalue weighted by molar-refractivity contribution is -0.133. The molecule has 0 radical (unpaired) electrons. The second-order valence-corrected chi connectivity index (χ2v) is 3.03. The molecule has 0 fully saturated rings. The number of rotatable bonds is 7. The van der Waals surface area contributed by atoms with Gasteiger partial charge in [-0.05, 0) is 20.3 Å². The van der Waals surface area contributed by atoms with Crippen molar-refractivity contribution < 1.29 is 19.4 Å². The van der Waals surface area contributed by atoms with E-state index in [1.807, 2.05) is 0 Å². The molecule has 82 valence electrons. The molecule has 0 saturated carbocycles. The van der Waals surface area contributed by atoms with Crippen LogP contribution in [0.4, 0.5) is 0 Å². The molecule has 0 aromatic carbocycles. The van der Waals surface area contributed by atoms with Crippen LogP contribution in [0, 0.1) is 0 Å². The summed E-state index contributed by atoms with van der Waals surface area (Å²) in [5, 5.41) is 8.52. The lowest BCUT2D eigenvalue weighted by atomic mass is 10.3. The van der Waals surface area contributed by atoms with Gasteiger partial charge in [-0.3, -0.25) is 0 Å². The van der Waals surface area contributed by atoms with E-state index < -0.39 is 12.3 Å². The number of carboxylic acid groups (broad SMARTS) is 1. The fourth-order valence-corrected chi connectivity index (χ4v) is 0.681. The molecule has 0 aromatic rings. The van der Waals surface area contributed by atoms with Gasteiger partial charge in [-0.25, -0.2) is 4.79 Å². The zero-order valence-electron chi connectivity index (χ0n) is 8.95. The first-order chi connectivity index (χ1) is 6.57. The molecular weight excluding hydrogens is 184 g/mol. The van der Waals surface area contributed by atoms with Crippen molar-refractivity contribution in [3.05, 3.63) is 11.8 Å². The minimum atomic E-state index is -0.981. The van der Waals surface area contributed by atoms with E-state index in [9.17, 15) is 4.79 Å². The van der Waals surface area contributed by atoms with Crippen molar-refractivity contribution in [2.75, 3.05) is 6.61 Å². The molecule has 0 saturated heterocycles. The Balaban J connectivity index is 3.67. The van der Waals surface area contributed by atoms with Crippen LogP contribution in [-0.2, 0) is 14.3 Å². The van der Waals surface area contributed by atoms with E-state index in [1.54, 1.807) is 6.92 Å². The van der Waals surface area contributed by atoms with Crippen molar-refractivity contribution in [3.63, 3.8) is 0 Å². The molecule has 0 aromatic heterocycles. The smallest absolute Gasteiger partial charge is 0.334 e. The standard InChI is InChI=1S/C10H18O4/c1-4-5-6-13-9(3)14-7-8(2)10(11)12/h7,9H,4-6H2,1-3H3,(H,11,12). The molecule has 0 rings (SSSR count). The first-order valence-electron chi connectivity index (χ1n) is 4.75. The van der Waals surface area contributed by atoms with Crippen molar-refractivity contribution in [3.8, 4) is 0 Å². The van der Waals surface area contributed by atoms with Crippen LogP contribution in [-0.4, -0.2) is 24.0 Å². The molecule has 1 unspecified atom stereocenters. The summed E-state index contributed by atoms with van der Waals surface area (Å²) in [6.45, 7) is 5.92. The number of hydrogen-bond acceptors (Lipinski definition) is 3. The molecule has 1 atom stereocenters. The fourth-order valence-electron chi connectivity index (χ4n) is 0.681. The van der Waals surface area contributed by atoms with Crippen LogP contribution in [0.2, 0.25) is 0 Å². The van der Waals surface area contributed by atoms with Gasteiger partial charge in [-0.15, -0.1) is 0 Å². The van der Waals surface area contributed by atoms with Gasteiger partial charge in [-0.1, -0.05) is 13.3 Å². The summed E-state index contributed by atoms with van der Waals surface area (Å²) in [6, 6.07) is 0. The van der Waals surface area contributed by atoms with Crippen LogP contribution in [0.15, 0.2) is 11.8 Å². The van der Waals surface area contributed by atoms with E-state index >= 15 is 0 Å². The Morgan fingerprint density at radius 3 is 2.71 bits per heavy atom. The highest BCUT2D eigenvalue weighted by Gasteiger charge is 2.03. The summed E-state index contributed by atoms with van der Waals surface area (Å²) >= 11 is 0. The summed E-state index contributed by atoms with van der Waals surface area (Å²) in [5.74, 6) is -0.981. The van der Waals surface area contributed by atoms with Gasteiger partial charge in [0.1, 0.15) is 0 Å². The summed E-state index contributed by atoms with van der Waals surface area (Å²) in [7, 11) is 0. The molecule has 0 spiro atoms. The molecule has 1 N–H and O–H groups in total. The van der Waals surface area contributed by atoms with Gasteiger partial charge in [-0.2, -0.15) is 0 Å². The summed E-state index contributed by atoms with van der Waals surface area (Å²) in [5.41, 5.74) is 0.163. The van der Waals surface area contributed by atoms with E-state index in [2.05, 4.69) is 6.92 Å². The van der Waals surface area contributed by atoms with E-state index in [0.717, 1.165) is 12.8 Å². The third kappa shape index (κ3) is 6.48. The number of carboxylic acids is 1. The first kappa shape index (κ1) is 13.0. The van der Waals surface area contributed by atoms with Crippen molar-refractivity contribution in [2.24, 2.45) is 0 Å². The quantitative estimate of drug-likeness (QED) is 0.297. The van der Waals surface area contributed by atoms with Crippen molar-refractivity contribution in [1.82, 2.24) is 0 Å². The first-order valence-corrected chi connectivity index (χ1v) is 4.75. The number of aliphatic carboxylic acids is 1. The van der Waals surface area contributed by atoms with Crippen LogP contribution >= 0.6 is 0 Å². The molecule has 0 amide bonds. The van der Waals surface area contributed by atoms with Crippen LogP contribution in [0.25, 0.3) is 0 Å². The third-order valence-electron chi connectivity index (χ3n) is 1.62. The Kier molecular flexibility index (Phi) is 6.84. The third-order valence-corrected chi connectivity index (χ3v) is 1.62. The van der Waals surface area contributed by atoms with Crippen LogP contribution in [0.1, 0.15) is 33.6 Å². The Morgan fingerprint density at radius 2 is 2.21 bits per heavy atom. The highest BCUT2D eigenvalue weighted by Crippen LogP contribution is 2.00. The van der Waals surface area contributed by atoms with Crippen LogP contribution in [0.5, 0.6) is 0 Å². The SMILES string of the molecule is CCCCOC(C)OC=C(C)C(=O)O. The van der Waals surface area contributed by atoms with Crippen LogP contribution < -0.4 is 0 Å². The van der Waals surface area contributed by atoms with E-state index in [0.29, 0.717) is 6.61 Å². The highest BCUT2D eigenvalue weighted by molar-refractivity contribution is 5.85. The van der Waals surface area contributed by atoms with E-state index in [-0.39, 0.29) is 5.57 Å². The zero-order valence-corrected chi connectivity index (χ0v) is 8.95. The van der Waals surface area contributed by atoms with Gasteiger partial charge in [0.05, 0.1) is 18.4 Å². The topological polar surface area (TPSA) is 55.8 Å². The zero-order chi connectivity index (χ0) is 11.0. The molecular formula is C10H18O4. The maximum absolute atomic E-state index is 10.4. The molecule has 0 aliphatic heterocycles. The second kappa shape index (κ2) is 7.38. The molecule has 0 aliphatic carbocycles. The fraction of sp³-hybridized carbons (Fsp3) is 0.700. The van der Waals surface area contributed by atoms with E-state index in [1.165, 1.54) is 13.2 Å². The molecule has 14 heavy (non-hydrogen) atoms. The molecule has 0 heterocycles. The summed E-state index contributed by atoms with van der Waals surface area (Å²) in [6.07, 6.45) is 2.86. The maximum Gasteiger partial charge on any atom is 0.334 e. The Morgan fingerprint density at radius 1 is 1.57 bits per heavy atom. The summed E-state index contributed by atoms with van der Waals surface area (Å²) in [4.78, 5) is 10.4. The Hall–Kier alpha value is -1.03. The van der Waals surface area contributed by atoms with Crippen molar-refractivity contribution in [1.29, 1.82) is 0 Å². The second-order valence-electron chi connectivity index (χ2n) is 3.03. The summed E-state index contributed by atoms with van der Waals surface area (Å²) < 4.78 is 10.3. The van der Waals surface area contributed by atoms with Crippen molar-refractivity contribution in [2.45, 2.75) is 39.9 Å². The minimum Gasteiger partial charge on any atom is -0.478 e. The lowest BCUT2D eigenvalue weighted by Gasteiger charge is -2.12. The molecule has 4 heteroatoms. The highest BCUT2D eigenvalue weighted by atomic mass is 16.7. The van der Waals surface area contributed by atoms with Gasteiger partial charge < -0.3 is 14.6 Å². The predicted molar refractivity (Wildman–Crippen MR) is 52.8 cm³/mol. The number of carbonyl (C=O) groups is 1. The van der Waals surface area contributed by atoms with Gasteiger partial charge in [0.15, 0.2) is 6.29 Å². The van der Waals surface area contributed by atoms with Gasteiger partial charge in [0.2, 0.25) is 0 Å². The van der Waals surface area contributed by atoms with Crippen molar-refractivity contribution >= 4 is 5.97 Å². The van der Waals surface area contributed by atoms with Gasteiger partial charge in [0.25, 0.3) is 0 Å². The number of ether oxygens (including phenoxy) is 2. The normalized spacial score (nSPS) is 13.8. The van der Waals surface area contributed by atoms with Gasteiger partial charge >= 0.3 is 5.97 Å². The molecule has 0 bridgehead atoms. The molecule has 0 aliphatic rings. The lowest BCUT2D eigenvalue weighted by Crippen LogP contribution is -2.11. The van der Waals surface area contributed by atoms with Crippen LogP contribution in [0.3, 0.4) is 0 Å². The minimum absolute atomic E-state index is 0.163. The maximum atomic E-state index is 10.4. The van der Waals surface area contributed by atoms with Gasteiger partial charge in [0, 0.05) is 0 Å². The monoisotopic (exact) mass is 202 g/mol. The molecule has 4 nitrogen and oxygen atoms in total. The average molecular weight is 202 g/mol. The van der Waals surface area contributed by atoms with E-state index in [4.69, 9.17) is 14.6 Å². The predicted octanol–water partition coefficient (Wildman–Crippen LogP) is 2.15. The average Bonchev–Trinajstić information content (AvgIpc) is 2.14. The number of hydrogen-bond donors (Lipinski definition) is 1.